The van der Waals surface area contributed by atoms with Gasteiger partial charge in [-0.1, -0.05) is 35.9 Å². The van der Waals surface area contributed by atoms with E-state index in [1.165, 1.54) is 6.07 Å². The Morgan fingerprint density at radius 2 is 1.93 bits per heavy atom. The molecule has 2 aromatic carbocycles. The topological polar surface area (TPSA) is 48.5 Å². The number of nitrogens with zero attached hydrogens (tertiary/aromatic N) is 2. The first-order valence-electron chi connectivity index (χ1n) is 9.01. The summed E-state index contributed by atoms with van der Waals surface area (Å²) in [6.07, 6.45) is 0.474. The Balaban J connectivity index is 1.86. The lowest BCUT2D eigenvalue weighted by molar-refractivity contribution is 0.606. The smallest absolute Gasteiger partial charge is 0.257 e. The van der Waals surface area contributed by atoms with Crippen LogP contribution in [0.15, 0.2) is 64.5 Å². The number of aromatic nitrogens is 1. The third-order valence-electron chi connectivity index (χ3n) is 4.90. The Morgan fingerprint density at radius 1 is 1.14 bits per heavy atom. The van der Waals surface area contributed by atoms with Crippen molar-refractivity contribution in [3.8, 4) is 0 Å². The Morgan fingerprint density at radius 3 is 2.64 bits per heavy atom. The van der Waals surface area contributed by atoms with Crippen LogP contribution in [-0.2, 0) is 0 Å². The number of anilines is 1. The molecule has 0 bridgehead atoms. The number of rotatable bonds is 3. The first kappa shape index (κ1) is 18.4. The van der Waals surface area contributed by atoms with Crippen LogP contribution < -0.4 is 10.6 Å². The fourth-order valence-corrected chi connectivity index (χ4v) is 3.91. The van der Waals surface area contributed by atoms with E-state index in [1.807, 2.05) is 38.1 Å². The molecule has 1 aromatic heterocycles. The van der Waals surface area contributed by atoms with E-state index in [4.69, 9.17) is 11.6 Å². The van der Waals surface area contributed by atoms with Crippen molar-refractivity contribution in [1.29, 1.82) is 0 Å². The van der Waals surface area contributed by atoms with Crippen LogP contribution in [0.4, 0.5) is 10.1 Å². The van der Waals surface area contributed by atoms with Crippen LogP contribution in [0.25, 0.3) is 0 Å². The minimum atomic E-state index is -0.367. The molecular weight excluding hydrogens is 377 g/mol. The first-order valence-corrected chi connectivity index (χ1v) is 9.39. The number of aryl methyl sites for hydroxylation is 2. The van der Waals surface area contributed by atoms with Crippen LogP contribution in [0.1, 0.15) is 34.8 Å². The maximum Gasteiger partial charge on any atom is 0.257 e. The Bertz CT molecular complexity index is 1140. The molecule has 0 radical (unpaired) electrons. The van der Waals surface area contributed by atoms with E-state index in [-0.39, 0.29) is 17.4 Å². The molecule has 28 heavy (non-hydrogen) atoms. The summed E-state index contributed by atoms with van der Waals surface area (Å²) < 4.78 is 14.5. The van der Waals surface area contributed by atoms with E-state index in [9.17, 15) is 9.18 Å². The Hall–Kier alpha value is -2.92. The number of pyridine rings is 1. The zero-order chi connectivity index (χ0) is 19.8. The SMILES string of the molecule is Cc1cc(C)c(C2=NN(c3ccccc3F)C(c3cccc(Cl)c3)C2)c(=O)[nH]1. The molecule has 1 aliphatic heterocycles. The van der Waals surface area contributed by atoms with E-state index in [0.29, 0.717) is 28.4 Å². The van der Waals surface area contributed by atoms with E-state index < -0.39 is 0 Å². The predicted molar refractivity (Wildman–Crippen MR) is 111 cm³/mol. The number of benzene rings is 2. The molecule has 1 aliphatic rings. The minimum absolute atomic E-state index is 0.184. The number of hydrogen-bond acceptors (Lipinski definition) is 3. The van der Waals surface area contributed by atoms with E-state index in [1.54, 1.807) is 29.3 Å². The minimum Gasteiger partial charge on any atom is -0.326 e. The zero-order valence-electron chi connectivity index (χ0n) is 15.5. The lowest BCUT2D eigenvalue weighted by Gasteiger charge is -2.24. The van der Waals surface area contributed by atoms with Gasteiger partial charge in [-0.05, 0) is 55.3 Å². The molecule has 1 unspecified atom stereocenters. The van der Waals surface area contributed by atoms with Gasteiger partial charge in [-0.2, -0.15) is 5.10 Å². The maximum atomic E-state index is 14.5. The van der Waals surface area contributed by atoms with Crippen molar-refractivity contribution in [3.05, 3.63) is 98.2 Å². The largest absolute Gasteiger partial charge is 0.326 e. The summed E-state index contributed by atoms with van der Waals surface area (Å²) in [6, 6.07) is 15.6. The molecule has 4 rings (SSSR count). The lowest BCUT2D eigenvalue weighted by Crippen LogP contribution is -2.20. The van der Waals surface area contributed by atoms with Gasteiger partial charge in [0.2, 0.25) is 0 Å². The maximum absolute atomic E-state index is 14.5. The molecule has 0 saturated heterocycles. The highest BCUT2D eigenvalue weighted by atomic mass is 35.5. The molecule has 0 saturated carbocycles. The monoisotopic (exact) mass is 395 g/mol. The number of hydrogen-bond donors (Lipinski definition) is 1. The fourth-order valence-electron chi connectivity index (χ4n) is 3.71. The average molecular weight is 396 g/mol. The molecule has 0 fully saturated rings. The fraction of sp³-hybridized carbons (Fsp3) is 0.182. The van der Waals surface area contributed by atoms with Crippen LogP contribution in [0.2, 0.25) is 5.02 Å². The molecule has 1 atom stereocenters. The number of para-hydroxylation sites is 1. The molecule has 4 nitrogen and oxygen atoms in total. The second-order valence-corrected chi connectivity index (χ2v) is 7.39. The van der Waals surface area contributed by atoms with Gasteiger partial charge in [-0.15, -0.1) is 0 Å². The van der Waals surface area contributed by atoms with E-state index in [0.717, 1.165) is 16.8 Å². The van der Waals surface area contributed by atoms with Gasteiger partial charge >= 0.3 is 0 Å². The number of aromatic amines is 1. The van der Waals surface area contributed by atoms with Gasteiger partial charge in [0, 0.05) is 17.1 Å². The van der Waals surface area contributed by atoms with Crippen LogP contribution in [0.3, 0.4) is 0 Å². The second-order valence-electron chi connectivity index (χ2n) is 6.96. The molecule has 6 heteroatoms. The van der Waals surface area contributed by atoms with Gasteiger partial charge < -0.3 is 4.98 Å². The molecule has 0 spiro atoms. The Kier molecular flexibility index (Phi) is 4.77. The van der Waals surface area contributed by atoms with Crippen molar-refractivity contribution in [3.63, 3.8) is 0 Å². The van der Waals surface area contributed by atoms with Crippen LogP contribution >= 0.6 is 11.6 Å². The predicted octanol–water partition coefficient (Wildman–Crippen LogP) is 5.14. The van der Waals surface area contributed by atoms with Crippen molar-refractivity contribution in [2.24, 2.45) is 5.10 Å². The highest BCUT2D eigenvalue weighted by molar-refractivity contribution is 6.30. The number of hydrazone groups is 1. The number of halogens is 2. The second kappa shape index (κ2) is 7.24. The summed E-state index contributed by atoms with van der Waals surface area (Å²) in [5, 5.41) is 6.92. The summed E-state index contributed by atoms with van der Waals surface area (Å²) >= 11 is 6.18. The van der Waals surface area contributed by atoms with Gasteiger partial charge in [0.05, 0.1) is 23.0 Å². The average Bonchev–Trinajstić information content (AvgIpc) is 3.06. The van der Waals surface area contributed by atoms with Crippen molar-refractivity contribution in [1.82, 2.24) is 4.98 Å². The summed E-state index contributed by atoms with van der Waals surface area (Å²) in [7, 11) is 0. The van der Waals surface area contributed by atoms with Crippen LogP contribution in [-0.4, -0.2) is 10.7 Å². The molecule has 0 aliphatic carbocycles. The Labute approximate surface area is 167 Å². The summed E-state index contributed by atoms with van der Waals surface area (Å²) in [5.74, 6) is -0.367. The van der Waals surface area contributed by atoms with Gasteiger partial charge in [-0.3, -0.25) is 9.80 Å². The van der Waals surface area contributed by atoms with Crippen molar-refractivity contribution in [2.75, 3.05) is 5.01 Å². The molecular formula is C22H19ClFN3O. The van der Waals surface area contributed by atoms with Gasteiger partial charge in [0.1, 0.15) is 5.82 Å². The molecule has 2 heterocycles. The van der Waals surface area contributed by atoms with E-state index >= 15 is 0 Å². The van der Waals surface area contributed by atoms with Crippen LogP contribution in [0, 0.1) is 19.7 Å². The first-order chi connectivity index (χ1) is 13.4. The van der Waals surface area contributed by atoms with Gasteiger partial charge in [0.25, 0.3) is 5.56 Å². The highest BCUT2D eigenvalue weighted by Gasteiger charge is 2.33. The van der Waals surface area contributed by atoms with E-state index in [2.05, 4.69) is 10.1 Å². The van der Waals surface area contributed by atoms with Crippen molar-refractivity contribution < 1.29 is 4.39 Å². The summed E-state index contributed by atoms with van der Waals surface area (Å²) in [4.78, 5) is 15.4. The van der Waals surface area contributed by atoms with Gasteiger partial charge in [-0.25, -0.2) is 4.39 Å². The zero-order valence-corrected chi connectivity index (χ0v) is 16.3. The molecule has 142 valence electrons. The third kappa shape index (κ3) is 3.34. The highest BCUT2D eigenvalue weighted by Crippen LogP contribution is 2.38. The van der Waals surface area contributed by atoms with Gasteiger partial charge in [0.15, 0.2) is 0 Å². The molecule has 0 amide bonds. The number of H-pyrrole nitrogens is 1. The van der Waals surface area contributed by atoms with Crippen molar-refractivity contribution >= 4 is 23.0 Å². The van der Waals surface area contributed by atoms with Crippen LogP contribution in [0.5, 0.6) is 0 Å². The summed E-state index contributed by atoms with van der Waals surface area (Å²) in [6.45, 7) is 3.73. The summed E-state index contributed by atoms with van der Waals surface area (Å²) in [5.41, 5.74) is 3.90. The quantitative estimate of drug-likeness (QED) is 0.667. The molecule has 1 N–H and O–H groups in total. The van der Waals surface area contributed by atoms with Crippen molar-refractivity contribution in [2.45, 2.75) is 26.3 Å². The third-order valence-corrected chi connectivity index (χ3v) is 5.13. The number of nitrogens with one attached hydrogen (secondary N) is 1. The normalized spacial score (nSPS) is 16.4. The lowest BCUT2D eigenvalue weighted by atomic mass is 9.96. The standard InChI is InChI=1S/C22H19ClFN3O/c1-13-10-14(2)25-22(28)21(13)18-12-20(15-6-5-7-16(23)11-15)27(26-18)19-9-4-3-8-17(19)24/h3-11,20H,12H2,1-2H3,(H,25,28). The molecule has 3 aromatic rings.